The van der Waals surface area contributed by atoms with Crippen molar-refractivity contribution in [1.82, 2.24) is 0 Å². The standard InChI is InChI=1S/C13H11NO4.H2O/c15-12(16)7-11(13(17)18)14-6-5-9-3-1-2-4-10(9)8-14;/h1-6,8,11H,7H2,(H-,15,16,17,18);1H2/t11-;/m1./s1. The summed E-state index contributed by atoms with van der Waals surface area (Å²) in [7, 11) is 0. The second-order valence-electron chi connectivity index (χ2n) is 3.95. The average molecular weight is 263 g/mol. The number of rotatable bonds is 4. The number of aliphatic carboxylic acids is 2. The first kappa shape index (κ1) is 14.6. The molecule has 0 radical (unpaired) electrons. The molecule has 3 N–H and O–H groups in total. The van der Waals surface area contributed by atoms with Gasteiger partial charge in [-0.15, -0.1) is 0 Å². The summed E-state index contributed by atoms with van der Waals surface area (Å²) in [5, 5.41) is 21.5. The molecule has 0 unspecified atom stereocenters. The number of benzene rings is 1. The van der Waals surface area contributed by atoms with E-state index in [1.807, 2.05) is 24.3 Å². The van der Waals surface area contributed by atoms with Gasteiger partial charge in [0.15, 0.2) is 12.4 Å². The van der Waals surface area contributed by atoms with Crippen LogP contribution in [0.3, 0.4) is 0 Å². The highest BCUT2D eigenvalue weighted by Gasteiger charge is 2.23. The fourth-order valence-corrected chi connectivity index (χ4v) is 1.82. The predicted molar refractivity (Wildman–Crippen MR) is 64.1 cm³/mol. The topological polar surface area (TPSA) is 113 Å². The first-order valence-corrected chi connectivity index (χ1v) is 5.40. The van der Waals surface area contributed by atoms with Crippen molar-refractivity contribution in [3.63, 3.8) is 0 Å². The van der Waals surface area contributed by atoms with E-state index in [1.54, 1.807) is 18.5 Å². The van der Waals surface area contributed by atoms with E-state index in [0.29, 0.717) is 0 Å². The zero-order valence-corrected chi connectivity index (χ0v) is 9.95. The Morgan fingerprint density at radius 2 is 1.84 bits per heavy atom. The Hall–Kier alpha value is -2.47. The molecule has 0 aliphatic rings. The highest BCUT2D eigenvalue weighted by atomic mass is 16.4. The lowest BCUT2D eigenvalue weighted by molar-refractivity contribution is -0.713. The first-order chi connectivity index (χ1) is 8.58. The molecule has 1 heterocycles. The van der Waals surface area contributed by atoms with E-state index >= 15 is 0 Å². The van der Waals surface area contributed by atoms with Crippen LogP contribution in [0.1, 0.15) is 12.5 Å². The molecular formula is C13H13NO5. The maximum Gasteiger partial charge on any atom is 0.310 e. The van der Waals surface area contributed by atoms with Gasteiger partial charge in [-0.1, -0.05) is 18.2 Å². The minimum absolute atomic E-state index is 0. The molecule has 1 aromatic heterocycles. The lowest BCUT2D eigenvalue weighted by Crippen LogP contribution is -2.49. The quantitative estimate of drug-likeness (QED) is 0.718. The van der Waals surface area contributed by atoms with Crippen LogP contribution in [0.5, 0.6) is 0 Å². The van der Waals surface area contributed by atoms with Crippen LogP contribution >= 0.6 is 0 Å². The molecule has 19 heavy (non-hydrogen) atoms. The van der Waals surface area contributed by atoms with E-state index in [0.717, 1.165) is 10.8 Å². The molecule has 0 spiro atoms. The summed E-state index contributed by atoms with van der Waals surface area (Å²) in [4.78, 5) is 21.6. The van der Waals surface area contributed by atoms with Gasteiger partial charge in [0.2, 0.25) is 6.04 Å². The zero-order chi connectivity index (χ0) is 13.1. The summed E-state index contributed by atoms with van der Waals surface area (Å²) in [6.45, 7) is 0. The van der Waals surface area contributed by atoms with Gasteiger partial charge in [-0.3, -0.25) is 4.79 Å². The summed E-state index contributed by atoms with van der Waals surface area (Å²) in [6, 6.07) is 7.97. The van der Waals surface area contributed by atoms with E-state index in [1.165, 1.54) is 4.57 Å². The van der Waals surface area contributed by atoms with Crippen LogP contribution in [0.15, 0.2) is 42.7 Å². The number of carbonyl (C=O) groups excluding carboxylic acids is 1. The van der Waals surface area contributed by atoms with Gasteiger partial charge < -0.3 is 20.5 Å². The van der Waals surface area contributed by atoms with Gasteiger partial charge >= 0.3 is 5.97 Å². The molecule has 1 atom stereocenters. The molecule has 1 aromatic carbocycles. The van der Waals surface area contributed by atoms with Crippen LogP contribution in [0.2, 0.25) is 0 Å². The maximum absolute atomic E-state index is 11.0. The third-order valence-electron chi connectivity index (χ3n) is 2.71. The molecule has 0 fully saturated rings. The largest absolute Gasteiger partial charge is 0.543 e. The summed E-state index contributed by atoms with van der Waals surface area (Å²) in [6.07, 6.45) is 2.65. The van der Waals surface area contributed by atoms with Crippen molar-refractivity contribution in [3.8, 4) is 0 Å². The van der Waals surface area contributed by atoms with E-state index in [4.69, 9.17) is 5.11 Å². The van der Waals surface area contributed by atoms with E-state index in [2.05, 4.69) is 0 Å². The summed E-state index contributed by atoms with van der Waals surface area (Å²) < 4.78 is 1.35. The summed E-state index contributed by atoms with van der Waals surface area (Å²) in [5.74, 6) is -2.58. The lowest BCUT2D eigenvalue weighted by Gasteiger charge is -2.11. The van der Waals surface area contributed by atoms with Crippen molar-refractivity contribution in [2.45, 2.75) is 12.5 Å². The smallest absolute Gasteiger partial charge is 0.310 e. The monoisotopic (exact) mass is 263 g/mol. The van der Waals surface area contributed by atoms with Crippen molar-refractivity contribution in [1.29, 1.82) is 0 Å². The van der Waals surface area contributed by atoms with Crippen LogP contribution in [-0.2, 0) is 9.59 Å². The molecule has 0 saturated heterocycles. The Labute approximate surface area is 108 Å². The number of hydrogen-bond donors (Lipinski definition) is 1. The Bertz CT molecular complexity index is 611. The Balaban J connectivity index is 0.00000180. The van der Waals surface area contributed by atoms with Gasteiger partial charge in [0.05, 0.1) is 0 Å². The SMILES string of the molecule is O.O=C(O)C[C@H](C(=O)[O-])[n+]1ccc2ccccc2c1. The predicted octanol–water partition coefficient (Wildman–Crippen LogP) is -0.932. The molecule has 0 aliphatic carbocycles. The van der Waals surface area contributed by atoms with E-state index in [-0.39, 0.29) is 5.48 Å². The fourth-order valence-electron chi connectivity index (χ4n) is 1.82. The minimum atomic E-state index is -1.40. The summed E-state index contributed by atoms with van der Waals surface area (Å²) in [5.41, 5.74) is 0. The molecule has 6 nitrogen and oxygen atoms in total. The van der Waals surface area contributed by atoms with Crippen LogP contribution < -0.4 is 9.67 Å². The molecule has 0 amide bonds. The second kappa shape index (κ2) is 5.92. The van der Waals surface area contributed by atoms with Crippen molar-refractivity contribution in [2.24, 2.45) is 0 Å². The van der Waals surface area contributed by atoms with Crippen molar-refractivity contribution >= 4 is 22.7 Å². The number of carbonyl (C=O) groups is 2. The van der Waals surface area contributed by atoms with Crippen LogP contribution in [-0.4, -0.2) is 22.5 Å². The Morgan fingerprint density at radius 1 is 1.21 bits per heavy atom. The number of nitrogens with zero attached hydrogens (tertiary/aromatic N) is 1. The van der Waals surface area contributed by atoms with Crippen molar-refractivity contribution in [2.75, 3.05) is 0 Å². The minimum Gasteiger partial charge on any atom is -0.543 e. The highest BCUT2D eigenvalue weighted by molar-refractivity contribution is 5.81. The van der Waals surface area contributed by atoms with Crippen LogP contribution in [0.25, 0.3) is 10.8 Å². The molecule has 0 bridgehead atoms. The van der Waals surface area contributed by atoms with E-state index < -0.39 is 24.4 Å². The molecule has 0 aliphatic heterocycles. The fraction of sp³-hybridized carbons (Fsp3) is 0.154. The van der Waals surface area contributed by atoms with E-state index in [9.17, 15) is 14.7 Å². The van der Waals surface area contributed by atoms with Gasteiger partial charge in [-0.05, 0) is 11.5 Å². The number of carboxylic acid groups (broad SMARTS) is 2. The third kappa shape index (κ3) is 3.26. The first-order valence-electron chi connectivity index (χ1n) is 5.40. The number of fused-ring (bicyclic) bond motifs is 1. The summed E-state index contributed by atoms with van der Waals surface area (Å²) >= 11 is 0. The Kier molecular flexibility index (Phi) is 4.55. The molecule has 6 heteroatoms. The number of aromatic nitrogens is 1. The second-order valence-corrected chi connectivity index (χ2v) is 3.95. The van der Waals surface area contributed by atoms with Gasteiger partial charge in [0, 0.05) is 11.5 Å². The zero-order valence-electron chi connectivity index (χ0n) is 9.95. The maximum atomic E-state index is 11.0. The Morgan fingerprint density at radius 3 is 2.42 bits per heavy atom. The molecule has 2 rings (SSSR count). The molecule has 0 saturated carbocycles. The molecular weight excluding hydrogens is 250 g/mol. The van der Waals surface area contributed by atoms with Gasteiger partial charge in [0.25, 0.3) is 0 Å². The van der Waals surface area contributed by atoms with Gasteiger partial charge in [-0.25, -0.2) is 0 Å². The normalized spacial score (nSPS) is 11.6. The number of pyridine rings is 1. The average Bonchev–Trinajstić information content (AvgIpc) is 2.35. The highest BCUT2D eigenvalue weighted by Crippen LogP contribution is 2.11. The lowest BCUT2D eigenvalue weighted by atomic mass is 10.1. The molecule has 2 aromatic rings. The van der Waals surface area contributed by atoms with Gasteiger partial charge in [0.1, 0.15) is 12.4 Å². The van der Waals surface area contributed by atoms with Crippen LogP contribution in [0.4, 0.5) is 0 Å². The van der Waals surface area contributed by atoms with Gasteiger partial charge in [-0.2, -0.15) is 4.57 Å². The van der Waals surface area contributed by atoms with Crippen molar-refractivity contribution in [3.05, 3.63) is 42.7 Å². The van der Waals surface area contributed by atoms with Crippen LogP contribution in [0, 0.1) is 0 Å². The molecule has 100 valence electrons. The number of hydrogen-bond acceptors (Lipinski definition) is 3. The number of carboxylic acids is 2. The third-order valence-corrected chi connectivity index (χ3v) is 2.71. The van der Waals surface area contributed by atoms with Crippen molar-refractivity contribution < 1.29 is 29.8 Å².